The second-order valence-corrected chi connectivity index (χ2v) is 4.75. The van der Waals surface area contributed by atoms with Gasteiger partial charge in [0.2, 0.25) is 0 Å². The third-order valence-electron chi connectivity index (χ3n) is 3.27. The summed E-state index contributed by atoms with van der Waals surface area (Å²) in [4.78, 5) is 12.7. The van der Waals surface area contributed by atoms with E-state index in [0.29, 0.717) is 6.54 Å². The Morgan fingerprint density at radius 2 is 1.95 bits per heavy atom. The summed E-state index contributed by atoms with van der Waals surface area (Å²) in [5.74, 6) is -1.48. The first kappa shape index (κ1) is 14.1. The average molecular weight is 273 g/mol. The lowest BCUT2D eigenvalue weighted by Gasteiger charge is -2.21. The van der Waals surface area contributed by atoms with E-state index in [1.165, 1.54) is 18.2 Å². The molecule has 0 radical (unpaired) electrons. The van der Waals surface area contributed by atoms with Crippen LogP contribution in [0.3, 0.4) is 0 Å². The minimum Gasteiger partial charge on any atom is -0.478 e. The topological polar surface area (TPSA) is 40.5 Å². The van der Waals surface area contributed by atoms with Crippen molar-refractivity contribution >= 4 is 11.7 Å². The smallest absolute Gasteiger partial charge is 0.335 e. The molecule has 1 N–H and O–H groups in total. The SMILES string of the molecule is Cc1ccccc1CN(C)c1cc(C(=O)O)ccc1F. The van der Waals surface area contributed by atoms with Crippen LogP contribution >= 0.6 is 0 Å². The molecule has 0 spiro atoms. The predicted molar refractivity (Wildman–Crippen MR) is 76.6 cm³/mol. The molecule has 0 aliphatic carbocycles. The first-order valence-corrected chi connectivity index (χ1v) is 6.27. The zero-order valence-corrected chi connectivity index (χ0v) is 11.4. The summed E-state index contributed by atoms with van der Waals surface area (Å²) in [7, 11) is 1.75. The molecule has 2 aromatic carbocycles. The Balaban J connectivity index is 2.29. The highest BCUT2D eigenvalue weighted by molar-refractivity contribution is 5.88. The Labute approximate surface area is 117 Å². The van der Waals surface area contributed by atoms with Gasteiger partial charge in [-0.3, -0.25) is 0 Å². The average Bonchev–Trinajstić information content (AvgIpc) is 2.41. The van der Waals surface area contributed by atoms with E-state index in [1.807, 2.05) is 31.2 Å². The van der Waals surface area contributed by atoms with Crippen LogP contribution in [0.15, 0.2) is 42.5 Å². The summed E-state index contributed by atoms with van der Waals surface area (Å²) in [5.41, 5.74) is 2.57. The third-order valence-corrected chi connectivity index (χ3v) is 3.27. The van der Waals surface area contributed by atoms with E-state index < -0.39 is 11.8 Å². The summed E-state index contributed by atoms with van der Waals surface area (Å²) >= 11 is 0. The van der Waals surface area contributed by atoms with Gasteiger partial charge >= 0.3 is 5.97 Å². The molecule has 3 nitrogen and oxygen atoms in total. The summed E-state index contributed by atoms with van der Waals surface area (Å²) in [6.07, 6.45) is 0. The zero-order chi connectivity index (χ0) is 14.7. The first-order valence-electron chi connectivity index (χ1n) is 6.27. The number of nitrogens with zero attached hydrogens (tertiary/aromatic N) is 1. The van der Waals surface area contributed by atoms with E-state index in [9.17, 15) is 9.18 Å². The number of carboxylic acids is 1. The van der Waals surface area contributed by atoms with Gasteiger partial charge in [0.1, 0.15) is 5.82 Å². The minimum absolute atomic E-state index is 0.0815. The maximum Gasteiger partial charge on any atom is 0.335 e. The molecule has 0 amide bonds. The van der Waals surface area contributed by atoms with Crippen LogP contribution < -0.4 is 4.90 Å². The van der Waals surface area contributed by atoms with Crippen LogP contribution in [0.2, 0.25) is 0 Å². The van der Waals surface area contributed by atoms with Crippen molar-refractivity contribution in [3.8, 4) is 0 Å². The minimum atomic E-state index is -1.06. The number of aromatic carboxylic acids is 1. The van der Waals surface area contributed by atoms with E-state index in [0.717, 1.165) is 11.1 Å². The maximum atomic E-state index is 13.9. The molecule has 2 rings (SSSR count). The lowest BCUT2D eigenvalue weighted by Crippen LogP contribution is -2.19. The van der Waals surface area contributed by atoms with Crippen molar-refractivity contribution in [3.63, 3.8) is 0 Å². The van der Waals surface area contributed by atoms with Crippen molar-refractivity contribution in [2.24, 2.45) is 0 Å². The molecule has 0 saturated carbocycles. The first-order chi connectivity index (χ1) is 9.49. The highest BCUT2D eigenvalue weighted by Crippen LogP contribution is 2.22. The second-order valence-electron chi connectivity index (χ2n) is 4.75. The molecule has 0 heterocycles. The van der Waals surface area contributed by atoms with Gasteiger partial charge in [-0.15, -0.1) is 0 Å². The van der Waals surface area contributed by atoms with Crippen LogP contribution in [-0.4, -0.2) is 18.1 Å². The van der Waals surface area contributed by atoms with Crippen LogP contribution in [0.25, 0.3) is 0 Å². The number of aryl methyl sites for hydroxylation is 1. The van der Waals surface area contributed by atoms with Gasteiger partial charge in [0.05, 0.1) is 11.3 Å². The molecule has 0 atom stereocenters. The van der Waals surface area contributed by atoms with Crippen molar-refractivity contribution in [1.29, 1.82) is 0 Å². The number of halogens is 1. The summed E-state index contributed by atoms with van der Waals surface area (Å²) < 4.78 is 13.9. The fraction of sp³-hybridized carbons (Fsp3) is 0.188. The van der Waals surface area contributed by atoms with Crippen molar-refractivity contribution < 1.29 is 14.3 Å². The fourth-order valence-electron chi connectivity index (χ4n) is 2.07. The summed E-state index contributed by atoms with van der Waals surface area (Å²) in [6, 6.07) is 11.7. The van der Waals surface area contributed by atoms with Gasteiger partial charge in [0, 0.05) is 13.6 Å². The quantitative estimate of drug-likeness (QED) is 0.927. The van der Waals surface area contributed by atoms with Crippen molar-refractivity contribution in [1.82, 2.24) is 0 Å². The lowest BCUT2D eigenvalue weighted by atomic mass is 10.1. The molecule has 0 bridgehead atoms. The monoisotopic (exact) mass is 273 g/mol. The van der Waals surface area contributed by atoms with Crippen LogP contribution in [0.1, 0.15) is 21.5 Å². The van der Waals surface area contributed by atoms with Gasteiger partial charge < -0.3 is 10.0 Å². The number of rotatable bonds is 4. The Morgan fingerprint density at radius 3 is 2.60 bits per heavy atom. The molecule has 2 aromatic rings. The van der Waals surface area contributed by atoms with Gasteiger partial charge in [-0.25, -0.2) is 9.18 Å². The molecule has 0 fully saturated rings. The van der Waals surface area contributed by atoms with Crippen LogP contribution in [0, 0.1) is 12.7 Å². The summed E-state index contributed by atoms with van der Waals surface area (Å²) in [6.45, 7) is 2.51. The zero-order valence-electron chi connectivity index (χ0n) is 11.4. The highest BCUT2D eigenvalue weighted by atomic mass is 19.1. The number of benzene rings is 2. The van der Waals surface area contributed by atoms with Gasteiger partial charge in [-0.2, -0.15) is 0 Å². The lowest BCUT2D eigenvalue weighted by molar-refractivity contribution is 0.0697. The molecule has 0 aromatic heterocycles. The van der Waals surface area contributed by atoms with Crippen molar-refractivity contribution in [3.05, 3.63) is 65.0 Å². The number of hydrogen-bond acceptors (Lipinski definition) is 2. The third kappa shape index (κ3) is 2.96. The van der Waals surface area contributed by atoms with E-state index in [1.54, 1.807) is 11.9 Å². The van der Waals surface area contributed by atoms with Gasteiger partial charge in [0.25, 0.3) is 0 Å². The van der Waals surface area contributed by atoms with Crippen molar-refractivity contribution in [2.75, 3.05) is 11.9 Å². The number of carbonyl (C=O) groups is 1. The van der Waals surface area contributed by atoms with Crippen molar-refractivity contribution in [2.45, 2.75) is 13.5 Å². The molecule has 104 valence electrons. The number of hydrogen-bond donors (Lipinski definition) is 1. The molecule has 20 heavy (non-hydrogen) atoms. The molecule has 0 aliphatic heterocycles. The largest absolute Gasteiger partial charge is 0.478 e. The standard InChI is InChI=1S/C16H16FNO2/c1-11-5-3-4-6-13(11)10-18(2)15-9-12(16(19)20)7-8-14(15)17/h3-9H,10H2,1-2H3,(H,19,20). The van der Waals surface area contributed by atoms with Crippen LogP contribution in [0.5, 0.6) is 0 Å². The number of carboxylic acid groups (broad SMARTS) is 1. The molecule has 0 saturated heterocycles. The van der Waals surface area contributed by atoms with Gasteiger partial charge in [-0.1, -0.05) is 24.3 Å². The van der Waals surface area contributed by atoms with E-state index in [-0.39, 0.29) is 11.3 Å². The highest BCUT2D eigenvalue weighted by Gasteiger charge is 2.12. The molecule has 4 heteroatoms. The van der Waals surface area contributed by atoms with E-state index in [4.69, 9.17) is 5.11 Å². The maximum absolute atomic E-state index is 13.9. The predicted octanol–water partition coefficient (Wildman–Crippen LogP) is 3.47. The Morgan fingerprint density at radius 1 is 1.25 bits per heavy atom. The van der Waals surface area contributed by atoms with Gasteiger partial charge in [-0.05, 0) is 36.2 Å². The van der Waals surface area contributed by atoms with Gasteiger partial charge in [0.15, 0.2) is 0 Å². The second kappa shape index (κ2) is 5.74. The van der Waals surface area contributed by atoms with E-state index in [2.05, 4.69) is 0 Å². The Hall–Kier alpha value is -2.36. The summed E-state index contributed by atoms with van der Waals surface area (Å²) in [5, 5.41) is 8.97. The van der Waals surface area contributed by atoms with E-state index >= 15 is 0 Å². The molecule has 0 unspecified atom stereocenters. The normalized spacial score (nSPS) is 10.3. The Bertz CT molecular complexity index is 640. The fourth-order valence-corrected chi connectivity index (χ4v) is 2.07. The van der Waals surface area contributed by atoms with Crippen LogP contribution in [-0.2, 0) is 6.54 Å². The molecular weight excluding hydrogens is 257 g/mol. The molecular formula is C16H16FNO2. The Kier molecular flexibility index (Phi) is 4.03. The number of anilines is 1. The van der Waals surface area contributed by atoms with Crippen LogP contribution in [0.4, 0.5) is 10.1 Å². The molecule has 0 aliphatic rings.